The van der Waals surface area contributed by atoms with Crippen LogP contribution in [0.4, 0.5) is 5.69 Å². The summed E-state index contributed by atoms with van der Waals surface area (Å²) in [5.74, 6) is 2.26. The summed E-state index contributed by atoms with van der Waals surface area (Å²) in [6.45, 7) is 4.05. The Morgan fingerprint density at radius 1 is 1.28 bits per heavy atom. The Labute approximate surface area is 160 Å². The molecule has 1 amide bonds. The molecule has 0 saturated carbocycles. The first-order valence-electron chi connectivity index (χ1n) is 8.20. The number of nitrogens with zero attached hydrogens (tertiary/aromatic N) is 3. The van der Waals surface area contributed by atoms with E-state index in [2.05, 4.69) is 20.6 Å². The van der Waals surface area contributed by atoms with Gasteiger partial charge in [-0.05, 0) is 57.3 Å². The fraction of sp³-hybridized carbons (Fsp3) is 0.471. The Balaban J connectivity index is 0.00000156. The second-order valence-electron chi connectivity index (χ2n) is 6.00. The molecule has 1 aliphatic heterocycles. The van der Waals surface area contributed by atoms with Gasteiger partial charge in [0.05, 0.1) is 5.69 Å². The van der Waals surface area contributed by atoms with Gasteiger partial charge in [0.15, 0.2) is 5.82 Å². The lowest BCUT2D eigenvalue weighted by Gasteiger charge is -2.22. The first-order chi connectivity index (χ1) is 11.2. The van der Waals surface area contributed by atoms with Crippen LogP contribution >= 0.6 is 24.8 Å². The van der Waals surface area contributed by atoms with Crippen molar-refractivity contribution in [3.63, 3.8) is 0 Å². The topological polar surface area (TPSA) is 71.8 Å². The summed E-state index contributed by atoms with van der Waals surface area (Å²) in [4.78, 5) is 20.9. The Bertz CT molecular complexity index is 671. The largest absolute Gasteiger partial charge is 0.323 e. The number of imidazole rings is 1. The van der Waals surface area contributed by atoms with Gasteiger partial charge in [-0.2, -0.15) is 0 Å². The van der Waals surface area contributed by atoms with E-state index < -0.39 is 0 Å². The monoisotopic (exact) mass is 385 g/mol. The van der Waals surface area contributed by atoms with Gasteiger partial charge in [-0.15, -0.1) is 24.8 Å². The van der Waals surface area contributed by atoms with Crippen molar-refractivity contribution in [2.45, 2.75) is 32.6 Å². The lowest BCUT2D eigenvalue weighted by molar-refractivity contribution is -0.116. The molecular weight excluding hydrogens is 361 g/mol. The Kier molecular flexibility index (Phi) is 8.89. The van der Waals surface area contributed by atoms with E-state index in [0.29, 0.717) is 18.2 Å². The molecule has 0 unspecified atom stereocenters. The molecule has 0 aliphatic carbocycles. The number of aryl methyl sites for hydroxylation is 1. The highest BCUT2D eigenvalue weighted by Crippen LogP contribution is 2.21. The molecule has 3 heterocycles. The molecule has 0 atom stereocenters. The second kappa shape index (κ2) is 10.4. The van der Waals surface area contributed by atoms with Crippen molar-refractivity contribution < 1.29 is 4.79 Å². The van der Waals surface area contributed by atoms with Crippen molar-refractivity contribution in [1.29, 1.82) is 0 Å². The molecule has 1 fully saturated rings. The molecule has 138 valence electrons. The van der Waals surface area contributed by atoms with Crippen molar-refractivity contribution >= 4 is 36.4 Å². The number of pyridine rings is 1. The quantitative estimate of drug-likeness (QED) is 0.828. The Hall–Kier alpha value is -1.63. The molecule has 2 N–H and O–H groups in total. The number of carbonyl (C=O) groups excluding carboxylic acids is 1. The van der Waals surface area contributed by atoms with E-state index in [1.54, 1.807) is 12.4 Å². The molecule has 25 heavy (non-hydrogen) atoms. The fourth-order valence-corrected chi connectivity index (χ4v) is 3.01. The first kappa shape index (κ1) is 21.4. The predicted molar refractivity (Wildman–Crippen MR) is 104 cm³/mol. The van der Waals surface area contributed by atoms with Gasteiger partial charge in [0, 0.05) is 25.0 Å². The third kappa shape index (κ3) is 5.70. The SMILES string of the molecule is Cc1nccn1-c1ncccc1NC(=O)CCC1CCNCC1.Cl.Cl. The van der Waals surface area contributed by atoms with E-state index in [1.165, 1.54) is 12.8 Å². The van der Waals surface area contributed by atoms with Crippen LogP contribution in [-0.4, -0.2) is 33.5 Å². The lowest BCUT2D eigenvalue weighted by atomic mass is 9.93. The summed E-state index contributed by atoms with van der Waals surface area (Å²) in [5, 5.41) is 6.35. The highest BCUT2D eigenvalue weighted by molar-refractivity contribution is 5.92. The normalized spacial score (nSPS) is 14.3. The van der Waals surface area contributed by atoms with Gasteiger partial charge in [0.2, 0.25) is 5.91 Å². The number of halogens is 2. The van der Waals surface area contributed by atoms with Gasteiger partial charge in [-0.3, -0.25) is 9.36 Å². The van der Waals surface area contributed by atoms with Crippen molar-refractivity contribution in [3.05, 3.63) is 36.5 Å². The van der Waals surface area contributed by atoms with Crippen LogP contribution in [0.2, 0.25) is 0 Å². The number of aromatic nitrogens is 3. The van der Waals surface area contributed by atoms with Crippen molar-refractivity contribution in [1.82, 2.24) is 19.9 Å². The van der Waals surface area contributed by atoms with E-state index in [9.17, 15) is 4.79 Å². The number of hydrogen-bond donors (Lipinski definition) is 2. The molecule has 0 radical (unpaired) electrons. The van der Waals surface area contributed by atoms with Gasteiger partial charge in [0.1, 0.15) is 5.82 Å². The summed E-state index contributed by atoms with van der Waals surface area (Å²) >= 11 is 0. The third-order valence-electron chi connectivity index (χ3n) is 4.35. The van der Waals surface area contributed by atoms with Crippen LogP contribution in [-0.2, 0) is 4.79 Å². The predicted octanol–water partition coefficient (Wildman–Crippen LogP) is 3.14. The molecule has 8 heteroatoms. The summed E-state index contributed by atoms with van der Waals surface area (Å²) in [7, 11) is 0. The minimum Gasteiger partial charge on any atom is -0.323 e. The van der Waals surface area contributed by atoms with Gasteiger partial charge in [0.25, 0.3) is 0 Å². The molecule has 2 aromatic rings. The average Bonchev–Trinajstić information content (AvgIpc) is 3.00. The van der Waals surface area contributed by atoms with Crippen molar-refractivity contribution in [2.24, 2.45) is 5.92 Å². The maximum atomic E-state index is 12.3. The number of hydrogen-bond acceptors (Lipinski definition) is 4. The molecule has 1 aliphatic rings. The van der Waals surface area contributed by atoms with Crippen molar-refractivity contribution in [3.8, 4) is 5.82 Å². The molecule has 0 bridgehead atoms. The zero-order valence-electron chi connectivity index (χ0n) is 14.3. The maximum Gasteiger partial charge on any atom is 0.224 e. The Morgan fingerprint density at radius 3 is 2.72 bits per heavy atom. The molecule has 0 aromatic carbocycles. The molecule has 6 nitrogen and oxygen atoms in total. The summed E-state index contributed by atoms with van der Waals surface area (Å²) in [6.07, 6.45) is 9.14. The third-order valence-corrected chi connectivity index (χ3v) is 4.35. The minimum absolute atomic E-state index is 0. The molecular formula is C17H25Cl2N5O. The average molecular weight is 386 g/mol. The standard InChI is InChI=1S/C17H23N5O.2ClH/c1-13-19-11-12-22(13)17-15(3-2-8-20-17)21-16(23)5-4-14-6-9-18-10-7-14;;/h2-3,8,11-12,14,18H,4-7,9-10H2,1H3,(H,21,23);2*1H. The second-order valence-corrected chi connectivity index (χ2v) is 6.00. The summed E-state index contributed by atoms with van der Waals surface area (Å²) in [5.41, 5.74) is 0.726. The number of amides is 1. The highest BCUT2D eigenvalue weighted by atomic mass is 35.5. The van der Waals surface area contributed by atoms with Crippen LogP contribution in [0, 0.1) is 12.8 Å². The van der Waals surface area contributed by atoms with Crippen LogP contribution in [0.5, 0.6) is 0 Å². The van der Waals surface area contributed by atoms with E-state index in [0.717, 1.165) is 31.0 Å². The van der Waals surface area contributed by atoms with Crippen LogP contribution in [0.1, 0.15) is 31.5 Å². The number of anilines is 1. The van der Waals surface area contributed by atoms with E-state index >= 15 is 0 Å². The molecule has 1 saturated heterocycles. The first-order valence-corrected chi connectivity index (χ1v) is 8.20. The number of carbonyl (C=O) groups is 1. The molecule has 0 spiro atoms. The fourth-order valence-electron chi connectivity index (χ4n) is 3.01. The summed E-state index contributed by atoms with van der Waals surface area (Å²) in [6, 6.07) is 3.71. The number of nitrogens with one attached hydrogen (secondary N) is 2. The summed E-state index contributed by atoms with van der Waals surface area (Å²) < 4.78 is 1.88. The van der Waals surface area contributed by atoms with Crippen LogP contribution in [0.15, 0.2) is 30.7 Å². The molecule has 2 aromatic heterocycles. The van der Waals surface area contributed by atoms with E-state index in [1.807, 2.05) is 29.8 Å². The zero-order valence-corrected chi connectivity index (χ0v) is 15.9. The van der Waals surface area contributed by atoms with Gasteiger partial charge in [-0.1, -0.05) is 0 Å². The van der Waals surface area contributed by atoms with E-state index in [4.69, 9.17) is 0 Å². The molecule has 3 rings (SSSR count). The van der Waals surface area contributed by atoms with Gasteiger partial charge < -0.3 is 10.6 Å². The number of rotatable bonds is 5. The maximum absolute atomic E-state index is 12.3. The lowest BCUT2D eigenvalue weighted by Crippen LogP contribution is -2.28. The van der Waals surface area contributed by atoms with Gasteiger partial charge >= 0.3 is 0 Å². The zero-order chi connectivity index (χ0) is 16.1. The van der Waals surface area contributed by atoms with Crippen LogP contribution in [0.3, 0.4) is 0 Å². The van der Waals surface area contributed by atoms with Crippen LogP contribution < -0.4 is 10.6 Å². The van der Waals surface area contributed by atoms with Gasteiger partial charge in [-0.25, -0.2) is 9.97 Å². The number of piperidine rings is 1. The van der Waals surface area contributed by atoms with Crippen molar-refractivity contribution in [2.75, 3.05) is 18.4 Å². The minimum atomic E-state index is 0. The van der Waals surface area contributed by atoms with E-state index in [-0.39, 0.29) is 30.7 Å². The smallest absolute Gasteiger partial charge is 0.224 e. The highest BCUT2D eigenvalue weighted by Gasteiger charge is 2.16. The van der Waals surface area contributed by atoms with Crippen LogP contribution in [0.25, 0.3) is 5.82 Å². The Morgan fingerprint density at radius 2 is 2.04 bits per heavy atom.